The maximum absolute atomic E-state index is 12.7. The average molecular weight is 303 g/mol. The highest BCUT2D eigenvalue weighted by molar-refractivity contribution is 5.66. The largest absolute Gasteiger partial charge is 0.481 e. The molecule has 6 heteroatoms. The molecule has 0 aliphatic carbocycles. The second-order valence-electron chi connectivity index (χ2n) is 5.33. The summed E-state index contributed by atoms with van der Waals surface area (Å²) in [6.07, 6.45) is 0.605. The summed E-state index contributed by atoms with van der Waals surface area (Å²) in [5, 5.41) is 8.71. The Morgan fingerprint density at radius 3 is 2.50 bits per heavy atom. The smallest absolute Gasteiger partial charge is 0.303 e. The Kier molecular flexibility index (Phi) is 4.70. The van der Waals surface area contributed by atoms with Crippen LogP contribution < -0.4 is 10.5 Å². The van der Waals surface area contributed by atoms with Crippen molar-refractivity contribution < 1.29 is 9.90 Å². The van der Waals surface area contributed by atoms with Crippen LogP contribution in [0.15, 0.2) is 35.1 Å². The summed E-state index contributed by atoms with van der Waals surface area (Å²) in [6.45, 7) is 2.42. The maximum atomic E-state index is 12.7. The Hall–Kier alpha value is -2.50. The van der Waals surface area contributed by atoms with Crippen LogP contribution in [0, 0.1) is 6.92 Å². The van der Waals surface area contributed by atoms with Gasteiger partial charge in [-0.3, -0.25) is 14.3 Å². The number of rotatable bonds is 6. The molecule has 118 valence electrons. The number of nitrogens with zero attached hydrogens (tertiary/aromatic N) is 3. The minimum absolute atomic E-state index is 0.0935. The van der Waals surface area contributed by atoms with Gasteiger partial charge in [-0.05, 0) is 25.5 Å². The molecular weight excluding hydrogens is 282 g/mol. The van der Waals surface area contributed by atoms with Crippen LogP contribution in [0.25, 0.3) is 5.69 Å². The fourth-order valence-corrected chi connectivity index (χ4v) is 2.57. The first kappa shape index (κ1) is 15.9. The van der Waals surface area contributed by atoms with Crippen molar-refractivity contribution in [1.82, 2.24) is 9.36 Å². The van der Waals surface area contributed by atoms with E-state index in [2.05, 4.69) is 0 Å². The molecule has 0 saturated carbocycles. The van der Waals surface area contributed by atoms with Crippen LogP contribution in [-0.2, 0) is 11.8 Å². The van der Waals surface area contributed by atoms with Gasteiger partial charge in [-0.2, -0.15) is 0 Å². The minimum atomic E-state index is -0.820. The lowest BCUT2D eigenvalue weighted by Crippen LogP contribution is -2.27. The predicted molar refractivity (Wildman–Crippen MR) is 85.9 cm³/mol. The molecule has 0 radical (unpaired) electrons. The molecule has 22 heavy (non-hydrogen) atoms. The average Bonchev–Trinajstić information content (AvgIpc) is 2.69. The van der Waals surface area contributed by atoms with E-state index < -0.39 is 5.97 Å². The number of hydrogen-bond acceptors (Lipinski definition) is 3. The van der Waals surface area contributed by atoms with Crippen molar-refractivity contribution in [3.05, 3.63) is 46.4 Å². The monoisotopic (exact) mass is 303 g/mol. The molecule has 2 rings (SSSR count). The lowest BCUT2D eigenvalue weighted by molar-refractivity contribution is -0.137. The topological polar surface area (TPSA) is 67.5 Å². The molecule has 0 amide bonds. The third-order valence-corrected chi connectivity index (χ3v) is 3.79. The Bertz CT molecular complexity index is 716. The molecule has 0 aliphatic rings. The fraction of sp³-hybridized carbons (Fsp3) is 0.375. The number of benzene rings is 1. The van der Waals surface area contributed by atoms with Gasteiger partial charge >= 0.3 is 5.97 Å². The quantitative estimate of drug-likeness (QED) is 0.883. The van der Waals surface area contributed by atoms with E-state index in [9.17, 15) is 9.59 Å². The highest BCUT2D eigenvalue weighted by Crippen LogP contribution is 2.17. The van der Waals surface area contributed by atoms with Crippen molar-refractivity contribution in [2.75, 3.05) is 18.5 Å². The first-order valence-electron chi connectivity index (χ1n) is 7.20. The molecule has 0 atom stereocenters. The summed E-state index contributed by atoms with van der Waals surface area (Å²) in [5.41, 5.74) is 2.18. The molecule has 1 aromatic carbocycles. The van der Waals surface area contributed by atoms with Gasteiger partial charge in [0.2, 0.25) is 0 Å². The lowest BCUT2D eigenvalue weighted by Gasteiger charge is -2.16. The molecule has 2 aromatic rings. The Balaban J connectivity index is 2.34. The van der Waals surface area contributed by atoms with Crippen molar-refractivity contribution in [1.29, 1.82) is 0 Å². The molecule has 0 unspecified atom stereocenters. The van der Waals surface area contributed by atoms with Gasteiger partial charge in [0.25, 0.3) is 5.56 Å². The van der Waals surface area contributed by atoms with Gasteiger partial charge in [0.05, 0.1) is 11.4 Å². The molecule has 1 heterocycles. The number of carboxylic acid groups (broad SMARTS) is 1. The zero-order valence-corrected chi connectivity index (χ0v) is 13.1. The number of anilines is 1. The van der Waals surface area contributed by atoms with Crippen molar-refractivity contribution in [2.24, 2.45) is 7.05 Å². The third-order valence-electron chi connectivity index (χ3n) is 3.79. The van der Waals surface area contributed by atoms with E-state index in [1.165, 1.54) is 0 Å². The highest BCUT2D eigenvalue weighted by atomic mass is 16.4. The SMILES string of the molecule is Cc1c(N(C)CCCC(=O)O)c(=O)n(-c2ccccc2)n1C. The Labute approximate surface area is 129 Å². The van der Waals surface area contributed by atoms with E-state index in [1.807, 2.05) is 60.9 Å². The van der Waals surface area contributed by atoms with Crippen molar-refractivity contribution in [3.8, 4) is 5.69 Å². The molecule has 1 N–H and O–H groups in total. The van der Waals surface area contributed by atoms with E-state index in [0.717, 1.165) is 11.4 Å². The van der Waals surface area contributed by atoms with Crippen molar-refractivity contribution in [3.63, 3.8) is 0 Å². The zero-order valence-electron chi connectivity index (χ0n) is 13.1. The predicted octanol–water partition coefficient (Wildman–Crippen LogP) is 1.79. The van der Waals surface area contributed by atoms with Crippen molar-refractivity contribution >= 4 is 11.7 Å². The second kappa shape index (κ2) is 6.51. The normalized spacial score (nSPS) is 10.7. The maximum Gasteiger partial charge on any atom is 0.303 e. The third kappa shape index (κ3) is 3.05. The van der Waals surface area contributed by atoms with Gasteiger partial charge in [-0.15, -0.1) is 0 Å². The van der Waals surface area contributed by atoms with E-state index in [0.29, 0.717) is 18.7 Å². The van der Waals surface area contributed by atoms with Gasteiger partial charge in [-0.1, -0.05) is 18.2 Å². The molecule has 0 saturated heterocycles. The highest BCUT2D eigenvalue weighted by Gasteiger charge is 2.19. The molecule has 0 fully saturated rings. The van der Waals surface area contributed by atoms with Gasteiger partial charge in [0, 0.05) is 27.1 Å². The lowest BCUT2D eigenvalue weighted by atomic mass is 10.2. The molecule has 6 nitrogen and oxygen atoms in total. The summed E-state index contributed by atoms with van der Waals surface area (Å²) in [7, 11) is 3.67. The van der Waals surface area contributed by atoms with Crippen LogP contribution in [-0.4, -0.2) is 34.0 Å². The first-order valence-corrected chi connectivity index (χ1v) is 7.20. The first-order chi connectivity index (χ1) is 10.4. The number of aliphatic carboxylic acids is 1. The van der Waals surface area contributed by atoms with Crippen molar-refractivity contribution in [2.45, 2.75) is 19.8 Å². The molecule has 1 aromatic heterocycles. The number of aromatic nitrogens is 2. The van der Waals surface area contributed by atoms with Crippen LogP contribution in [0.4, 0.5) is 5.69 Å². The van der Waals surface area contributed by atoms with Gasteiger partial charge in [0.15, 0.2) is 0 Å². The van der Waals surface area contributed by atoms with E-state index in [-0.39, 0.29) is 12.0 Å². The summed E-state index contributed by atoms with van der Waals surface area (Å²) < 4.78 is 3.44. The van der Waals surface area contributed by atoms with Crippen LogP contribution in [0.5, 0.6) is 0 Å². The molecule has 0 bridgehead atoms. The van der Waals surface area contributed by atoms with E-state index >= 15 is 0 Å². The van der Waals surface area contributed by atoms with Crippen LogP contribution >= 0.6 is 0 Å². The number of carboxylic acids is 1. The van der Waals surface area contributed by atoms with Crippen LogP contribution in [0.2, 0.25) is 0 Å². The molecule has 0 spiro atoms. The van der Waals surface area contributed by atoms with Gasteiger partial charge < -0.3 is 10.0 Å². The summed E-state index contributed by atoms with van der Waals surface area (Å²) in [6, 6.07) is 9.45. The molecular formula is C16H21N3O3. The van der Waals surface area contributed by atoms with Gasteiger partial charge in [0.1, 0.15) is 5.69 Å². The minimum Gasteiger partial charge on any atom is -0.481 e. The summed E-state index contributed by atoms with van der Waals surface area (Å²) >= 11 is 0. The van der Waals surface area contributed by atoms with Crippen LogP contribution in [0.3, 0.4) is 0 Å². The molecule has 0 aliphatic heterocycles. The number of para-hydroxylation sites is 1. The van der Waals surface area contributed by atoms with E-state index in [1.54, 1.807) is 4.68 Å². The van der Waals surface area contributed by atoms with Crippen LogP contribution in [0.1, 0.15) is 18.5 Å². The Morgan fingerprint density at radius 2 is 1.91 bits per heavy atom. The summed E-state index contributed by atoms with van der Waals surface area (Å²) in [5.74, 6) is -0.820. The van der Waals surface area contributed by atoms with E-state index in [4.69, 9.17) is 5.11 Å². The second-order valence-corrected chi connectivity index (χ2v) is 5.33. The number of carbonyl (C=O) groups is 1. The standard InChI is InChI=1S/C16H21N3O3/c1-12-15(17(2)11-7-10-14(20)21)16(22)19(18(12)3)13-8-5-4-6-9-13/h4-6,8-9H,7,10-11H2,1-3H3,(H,20,21). The zero-order chi connectivity index (χ0) is 16.3. The number of hydrogen-bond donors (Lipinski definition) is 1. The Morgan fingerprint density at radius 1 is 1.27 bits per heavy atom. The summed E-state index contributed by atoms with van der Waals surface area (Å²) in [4.78, 5) is 25.2. The van der Waals surface area contributed by atoms with Gasteiger partial charge in [-0.25, -0.2) is 4.68 Å². The fourth-order valence-electron chi connectivity index (χ4n) is 2.57.